The lowest BCUT2D eigenvalue weighted by atomic mass is 10.1. The van der Waals surface area contributed by atoms with Gasteiger partial charge < -0.3 is 14.6 Å². The van der Waals surface area contributed by atoms with Crippen molar-refractivity contribution in [1.82, 2.24) is 4.90 Å². The summed E-state index contributed by atoms with van der Waals surface area (Å²) < 4.78 is 5.24. The van der Waals surface area contributed by atoms with Crippen LogP contribution in [0.25, 0.3) is 0 Å². The number of amides is 2. The van der Waals surface area contributed by atoms with Crippen LogP contribution in [0.4, 0.5) is 5.69 Å². The van der Waals surface area contributed by atoms with Gasteiger partial charge in [0.05, 0.1) is 24.2 Å². The van der Waals surface area contributed by atoms with E-state index in [0.29, 0.717) is 23.5 Å². The smallest absolute Gasteiger partial charge is 0.254 e. The van der Waals surface area contributed by atoms with Gasteiger partial charge in [-0.1, -0.05) is 0 Å². The molecule has 5 nitrogen and oxygen atoms in total. The molecule has 0 atom stereocenters. The number of carbonyl (C=O) groups excluding carboxylic acids is 2. The predicted octanol–water partition coefficient (Wildman–Crippen LogP) is 2.60. The van der Waals surface area contributed by atoms with Crippen LogP contribution in [0.3, 0.4) is 0 Å². The quantitative estimate of drug-likeness (QED) is 0.946. The first-order valence-corrected chi connectivity index (χ1v) is 7.46. The molecule has 2 amide bonds. The zero-order valence-electron chi connectivity index (χ0n) is 11.5. The number of carbonyl (C=O) groups is 2. The fourth-order valence-corrected chi connectivity index (χ4v) is 2.93. The van der Waals surface area contributed by atoms with Gasteiger partial charge >= 0.3 is 0 Å². The van der Waals surface area contributed by atoms with E-state index in [1.807, 2.05) is 12.1 Å². The van der Waals surface area contributed by atoms with Gasteiger partial charge in [-0.05, 0) is 30.3 Å². The third-order valence-electron chi connectivity index (χ3n) is 3.18. The maximum atomic E-state index is 12.4. The minimum absolute atomic E-state index is 0.0407. The first kappa shape index (κ1) is 13.8. The second-order valence-corrected chi connectivity index (χ2v) is 5.81. The fourth-order valence-electron chi connectivity index (χ4n) is 2.14. The molecule has 1 aliphatic rings. The fraction of sp³-hybridized carbons (Fsp3) is 0.200. The van der Waals surface area contributed by atoms with Crippen LogP contribution >= 0.6 is 11.8 Å². The van der Waals surface area contributed by atoms with Gasteiger partial charge in [-0.15, -0.1) is 11.8 Å². The minimum atomic E-state index is -0.112. The highest BCUT2D eigenvalue weighted by Gasteiger charge is 2.19. The Kier molecular flexibility index (Phi) is 3.70. The molecule has 0 saturated heterocycles. The summed E-state index contributed by atoms with van der Waals surface area (Å²) in [7, 11) is 1.72. The summed E-state index contributed by atoms with van der Waals surface area (Å²) in [6, 6.07) is 8.99. The van der Waals surface area contributed by atoms with Crippen LogP contribution < -0.4 is 5.32 Å². The Morgan fingerprint density at radius 2 is 2.29 bits per heavy atom. The molecule has 1 aromatic heterocycles. The van der Waals surface area contributed by atoms with Crippen LogP contribution in [0.1, 0.15) is 16.1 Å². The normalized spacial score (nSPS) is 13.5. The molecule has 1 N–H and O–H groups in total. The highest BCUT2D eigenvalue weighted by Crippen LogP contribution is 2.32. The van der Waals surface area contributed by atoms with Crippen LogP contribution in [0.2, 0.25) is 0 Å². The van der Waals surface area contributed by atoms with Crippen molar-refractivity contribution in [2.75, 3.05) is 18.1 Å². The maximum absolute atomic E-state index is 12.4. The zero-order chi connectivity index (χ0) is 14.8. The van der Waals surface area contributed by atoms with Crippen molar-refractivity contribution in [1.29, 1.82) is 0 Å². The van der Waals surface area contributed by atoms with Crippen LogP contribution in [0.15, 0.2) is 45.9 Å². The molecule has 0 spiro atoms. The Hall–Kier alpha value is -2.21. The third-order valence-corrected chi connectivity index (χ3v) is 4.25. The Bertz CT molecular complexity index is 682. The van der Waals surface area contributed by atoms with E-state index in [1.54, 1.807) is 36.4 Å². The van der Waals surface area contributed by atoms with E-state index in [0.717, 1.165) is 10.7 Å². The Balaban J connectivity index is 1.78. The topological polar surface area (TPSA) is 62.6 Å². The van der Waals surface area contributed by atoms with Crippen molar-refractivity contribution in [3.63, 3.8) is 0 Å². The lowest BCUT2D eigenvalue weighted by molar-refractivity contribution is -0.113. The molecule has 0 fully saturated rings. The van der Waals surface area contributed by atoms with Gasteiger partial charge in [0.25, 0.3) is 5.91 Å². The molecule has 6 heteroatoms. The molecule has 21 heavy (non-hydrogen) atoms. The third kappa shape index (κ3) is 2.95. The van der Waals surface area contributed by atoms with Crippen molar-refractivity contribution >= 4 is 29.3 Å². The summed E-state index contributed by atoms with van der Waals surface area (Å²) in [6.45, 7) is 0.407. The summed E-state index contributed by atoms with van der Waals surface area (Å²) >= 11 is 1.48. The van der Waals surface area contributed by atoms with Crippen molar-refractivity contribution in [3.05, 3.63) is 47.9 Å². The summed E-state index contributed by atoms with van der Waals surface area (Å²) in [5.41, 5.74) is 1.25. The average Bonchev–Trinajstić information content (AvgIpc) is 2.98. The van der Waals surface area contributed by atoms with E-state index in [9.17, 15) is 9.59 Å². The summed E-state index contributed by atoms with van der Waals surface area (Å²) in [5.74, 6) is 0.992. The molecule has 108 valence electrons. The molecule has 0 bridgehead atoms. The number of hydrogen-bond acceptors (Lipinski definition) is 4. The van der Waals surface area contributed by atoms with Crippen molar-refractivity contribution in [2.24, 2.45) is 0 Å². The molecule has 3 rings (SSSR count). The number of benzene rings is 1. The van der Waals surface area contributed by atoms with Gasteiger partial charge in [0.15, 0.2) is 0 Å². The van der Waals surface area contributed by atoms with Gasteiger partial charge in [0, 0.05) is 17.5 Å². The Morgan fingerprint density at radius 3 is 3.05 bits per heavy atom. The van der Waals surface area contributed by atoms with E-state index in [1.165, 1.54) is 11.8 Å². The molecule has 0 radical (unpaired) electrons. The second kappa shape index (κ2) is 5.65. The molecule has 1 aromatic carbocycles. The maximum Gasteiger partial charge on any atom is 0.254 e. The van der Waals surface area contributed by atoms with E-state index >= 15 is 0 Å². The molecular formula is C15H14N2O3S. The van der Waals surface area contributed by atoms with Gasteiger partial charge in [0.2, 0.25) is 5.91 Å². The molecule has 2 heterocycles. The largest absolute Gasteiger partial charge is 0.467 e. The number of thioether (sulfide) groups is 1. The van der Waals surface area contributed by atoms with Crippen LogP contribution in [-0.4, -0.2) is 29.5 Å². The second-order valence-electron chi connectivity index (χ2n) is 4.79. The minimum Gasteiger partial charge on any atom is -0.467 e. The molecule has 0 saturated carbocycles. The first-order valence-electron chi connectivity index (χ1n) is 6.48. The number of anilines is 1. The van der Waals surface area contributed by atoms with E-state index in [-0.39, 0.29) is 11.8 Å². The SMILES string of the molecule is CN(Cc1ccco1)C(=O)c1ccc2c(c1)NC(=O)CS2. The number of fused-ring (bicyclic) bond motifs is 1. The number of nitrogens with one attached hydrogen (secondary N) is 1. The van der Waals surface area contributed by atoms with E-state index in [4.69, 9.17) is 4.42 Å². The summed E-state index contributed by atoms with van der Waals surface area (Å²) in [6.07, 6.45) is 1.58. The van der Waals surface area contributed by atoms with Crippen molar-refractivity contribution in [3.8, 4) is 0 Å². The molecule has 0 unspecified atom stereocenters. The highest BCUT2D eigenvalue weighted by atomic mass is 32.2. The van der Waals surface area contributed by atoms with Crippen molar-refractivity contribution < 1.29 is 14.0 Å². The first-order chi connectivity index (χ1) is 10.1. The standard InChI is InChI=1S/C15H14N2O3S/c1-17(8-11-3-2-6-20-11)15(19)10-4-5-13-12(7-10)16-14(18)9-21-13/h2-7H,8-9H2,1H3,(H,16,18). The summed E-state index contributed by atoms with van der Waals surface area (Å²) in [5, 5.41) is 2.79. The van der Waals surface area contributed by atoms with Crippen LogP contribution in [0, 0.1) is 0 Å². The Labute approximate surface area is 126 Å². The monoisotopic (exact) mass is 302 g/mol. The van der Waals surface area contributed by atoms with Gasteiger partial charge in [-0.25, -0.2) is 0 Å². The van der Waals surface area contributed by atoms with Crippen LogP contribution in [-0.2, 0) is 11.3 Å². The lowest BCUT2D eigenvalue weighted by Gasteiger charge is -2.19. The molecule has 0 aliphatic carbocycles. The Morgan fingerprint density at radius 1 is 1.43 bits per heavy atom. The highest BCUT2D eigenvalue weighted by molar-refractivity contribution is 8.00. The van der Waals surface area contributed by atoms with Crippen molar-refractivity contribution in [2.45, 2.75) is 11.4 Å². The average molecular weight is 302 g/mol. The van der Waals surface area contributed by atoms with E-state index in [2.05, 4.69) is 5.32 Å². The van der Waals surface area contributed by atoms with Gasteiger partial charge in [0.1, 0.15) is 5.76 Å². The lowest BCUT2D eigenvalue weighted by Crippen LogP contribution is -2.26. The molecule has 2 aromatic rings. The molecular weight excluding hydrogens is 288 g/mol. The predicted molar refractivity (Wildman–Crippen MR) is 80.3 cm³/mol. The number of rotatable bonds is 3. The van der Waals surface area contributed by atoms with Gasteiger partial charge in [-0.3, -0.25) is 9.59 Å². The summed E-state index contributed by atoms with van der Waals surface area (Å²) in [4.78, 5) is 26.4. The van der Waals surface area contributed by atoms with Crippen LogP contribution in [0.5, 0.6) is 0 Å². The number of furan rings is 1. The number of nitrogens with zero attached hydrogens (tertiary/aromatic N) is 1. The van der Waals surface area contributed by atoms with E-state index < -0.39 is 0 Å². The zero-order valence-corrected chi connectivity index (χ0v) is 12.3. The number of hydrogen-bond donors (Lipinski definition) is 1. The van der Waals surface area contributed by atoms with Gasteiger partial charge in [-0.2, -0.15) is 0 Å². The molecule has 1 aliphatic heterocycles.